The highest BCUT2D eigenvalue weighted by Gasteiger charge is 2.43. The second-order valence-corrected chi connectivity index (χ2v) is 5.62. The van der Waals surface area contributed by atoms with E-state index in [0.717, 1.165) is 17.7 Å². The van der Waals surface area contributed by atoms with Crippen LogP contribution in [0, 0.1) is 6.92 Å². The molecule has 0 atom stereocenters. The molecule has 0 radical (unpaired) electrons. The fourth-order valence-corrected chi connectivity index (χ4v) is 2.80. The van der Waals surface area contributed by atoms with Crippen LogP contribution in [0.3, 0.4) is 0 Å². The van der Waals surface area contributed by atoms with E-state index in [-0.39, 0.29) is 5.60 Å². The SMILES string of the molecule is Cc1ccc(C2=NOC3(CCN(C(=O)O)CC3)C2)cc1. The third-order valence-electron chi connectivity index (χ3n) is 4.17. The van der Waals surface area contributed by atoms with Gasteiger partial charge in [-0.2, -0.15) is 0 Å². The molecule has 0 aromatic heterocycles. The minimum absolute atomic E-state index is 0.299. The van der Waals surface area contributed by atoms with E-state index in [4.69, 9.17) is 9.94 Å². The van der Waals surface area contributed by atoms with Gasteiger partial charge < -0.3 is 14.8 Å². The Morgan fingerprint density at radius 1 is 1.30 bits per heavy atom. The Kier molecular flexibility index (Phi) is 3.12. The summed E-state index contributed by atoms with van der Waals surface area (Å²) in [7, 11) is 0. The lowest BCUT2D eigenvalue weighted by Crippen LogP contribution is -2.46. The van der Waals surface area contributed by atoms with Gasteiger partial charge in [-0.3, -0.25) is 0 Å². The number of benzene rings is 1. The van der Waals surface area contributed by atoms with Gasteiger partial charge in [0.2, 0.25) is 0 Å². The molecular weight excluding hydrogens is 256 g/mol. The van der Waals surface area contributed by atoms with Gasteiger partial charge >= 0.3 is 6.09 Å². The van der Waals surface area contributed by atoms with Gasteiger partial charge in [-0.05, 0) is 12.5 Å². The molecule has 0 bridgehead atoms. The number of piperidine rings is 1. The lowest BCUT2D eigenvalue weighted by molar-refractivity contribution is -0.0576. The Bertz CT molecular complexity index is 543. The number of likely N-dealkylation sites (tertiary alicyclic amines) is 1. The summed E-state index contributed by atoms with van der Waals surface area (Å²) in [5.41, 5.74) is 2.98. The van der Waals surface area contributed by atoms with Crippen LogP contribution in [0.2, 0.25) is 0 Å². The Hall–Kier alpha value is -2.04. The van der Waals surface area contributed by atoms with Crippen LogP contribution in [0.25, 0.3) is 0 Å². The fourth-order valence-electron chi connectivity index (χ4n) is 2.80. The standard InChI is InChI=1S/C15H18N2O3/c1-11-2-4-12(5-3-11)13-10-15(20-16-13)6-8-17(9-7-15)14(18)19/h2-5H,6-10H2,1H3,(H,18,19). The molecule has 1 aromatic carbocycles. The van der Waals surface area contributed by atoms with Crippen molar-refractivity contribution in [1.29, 1.82) is 0 Å². The van der Waals surface area contributed by atoms with Crippen molar-refractivity contribution in [3.8, 4) is 0 Å². The molecule has 1 amide bonds. The molecule has 0 unspecified atom stereocenters. The molecule has 2 aliphatic rings. The van der Waals surface area contributed by atoms with Gasteiger partial charge in [-0.1, -0.05) is 35.0 Å². The predicted octanol–water partition coefficient (Wildman–Crippen LogP) is 2.63. The minimum atomic E-state index is -0.850. The molecule has 3 rings (SSSR count). The molecule has 106 valence electrons. The summed E-state index contributed by atoms with van der Waals surface area (Å²) >= 11 is 0. The first kappa shape index (κ1) is 13.0. The monoisotopic (exact) mass is 274 g/mol. The van der Waals surface area contributed by atoms with Crippen LogP contribution in [-0.2, 0) is 4.84 Å². The Balaban J connectivity index is 1.67. The summed E-state index contributed by atoms with van der Waals surface area (Å²) in [6.07, 6.45) is 1.33. The predicted molar refractivity (Wildman–Crippen MR) is 75.0 cm³/mol. The molecule has 5 nitrogen and oxygen atoms in total. The Morgan fingerprint density at radius 2 is 1.95 bits per heavy atom. The number of aryl methyl sites for hydroxylation is 1. The average Bonchev–Trinajstić information content (AvgIpc) is 2.84. The number of hydrogen-bond acceptors (Lipinski definition) is 3. The normalized spacial score (nSPS) is 20.6. The molecule has 2 aliphatic heterocycles. The maximum Gasteiger partial charge on any atom is 0.407 e. The smallest absolute Gasteiger partial charge is 0.407 e. The fraction of sp³-hybridized carbons (Fsp3) is 0.467. The zero-order chi connectivity index (χ0) is 14.2. The van der Waals surface area contributed by atoms with Crippen LogP contribution in [0.5, 0.6) is 0 Å². The highest BCUT2D eigenvalue weighted by molar-refractivity contribution is 6.01. The number of oxime groups is 1. The number of carboxylic acid groups (broad SMARTS) is 1. The molecule has 1 N–H and O–H groups in total. The van der Waals surface area contributed by atoms with E-state index in [1.54, 1.807) is 0 Å². The molecule has 20 heavy (non-hydrogen) atoms. The van der Waals surface area contributed by atoms with Gasteiger partial charge in [0, 0.05) is 32.4 Å². The molecule has 1 fully saturated rings. The summed E-state index contributed by atoms with van der Waals surface area (Å²) in [6, 6.07) is 8.25. The zero-order valence-electron chi connectivity index (χ0n) is 11.5. The van der Waals surface area contributed by atoms with E-state index in [1.165, 1.54) is 10.5 Å². The van der Waals surface area contributed by atoms with Crippen molar-refractivity contribution in [3.05, 3.63) is 35.4 Å². The van der Waals surface area contributed by atoms with Gasteiger partial charge in [0.25, 0.3) is 0 Å². The number of nitrogens with zero attached hydrogens (tertiary/aromatic N) is 2. The maximum absolute atomic E-state index is 10.9. The topological polar surface area (TPSA) is 62.1 Å². The summed E-state index contributed by atoms with van der Waals surface area (Å²) in [4.78, 5) is 18.0. The average molecular weight is 274 g/mol. The summed E-state index contributed by atoms with van der Waals surface area (Å²) in [6.45, 7) is 3.10. The van der Waals surface area contributed by atoms with Crippen molar-refractivity contribution in [2.75, 3.05) is 13.1 Å². The molecule has 1 saturated heterocycles. The molecule has 1 aromatic rings. The lowest BCUT2D eigenvalue weighted by atomic mass is 9.85. The highest BCUT2D eigenvalue weighted by Crippen LogP contribution is 2.36. The van der Waals surface area contributed by atoms with Gasteiger partial charge in [0.05, 0.1) is 5.71 Å². The van der Waals surface area contributed by atoms with Crippen LogP contribution in [-0.4, -0.2) is 40.5 Å². The number of rotatable bonds is 1. The molecule has 5 heteroatoms. The van der Waals surface area contributed by atoms with Crippen LogP contribution in [0.1, 0.15) is 30.4 Å². The minimum Gasteiger partial charge on any atom is -0.465 e. The van der Waals surface area contributed by atoms with E-state index >= 15 is 0 Å². The Morgan fingerprint density at radius 3 is 2.55 bits per heavy atom. The van der Waals surface area contributed by atoms with Crippen molar-refractivity contribution in [2.24, 2.45) is 5.16 Å². The van der Waals surface area contributed by atoms with Gasteiger partial charge in [-0.25, -0.2) is 4.79 Å². The van der Waals surface area contributed by atoms with E-state index in [2.05, 4.69) is 36.3 Å². The molecule has 0 aliphatic carbocycles. The van der Waals surface area contributed by atoms with Crippen LogP contribution < -0.4 is 0 Å². The second-order valence-electron chi connectivity index (χ2n) is 5.62. The van der Waals surface area contributed by atoms with E-state index in [1.807, 2.05) is 0 Å². The zero-order valence-corrected chi connectivity index (χ0v) is 11.5. The first-order chi connectivity index (χ1) is 9.58. The second kappa shape index (κ2) is 4.81. The van der Waals surface area contributed by atoms with E-state index in [9.17, 15) is 4.79 Å². The molecular formula is C15H18N2O3. The van der Waals surface area contributed by atoms with Gasteiger partial charge in [0.15, 0.2) is 0 Å². The van der Waals surface area contributed by atoms with Crippen molar-refractivity contribution in [2.45, 2.75) is 31.8 Å². The molecule has 0 saturated carbocycles. The molecule has 2 heterocycles. The van der Waals surface area contributed by atoms with Crippen molar-refractivity contribution >= 4 is 11.8 Å². The van der Waals surface area contributed by atoms with Gasteiger partial charge in [-0.15, -0.1) is 0 Å². The molecule has 1 spiro atoms. The third kappa shape index (κ3) is 2.35. The highest BCUT2D eigenvalue weighted by atomic mass is 16.7. The van der Waals surface area contributed by atoms with Gasteiger partial charge in [0.1, 0.15) is 5.60 Å². The summed E-state index contributed by atoms with van der Waals surface area (Å²) in [5, 5.41) is 13.2. The quantitative estimate of drug-likeness (QED) is 0.856. The first-order valence-electron chi connectivity index (χ1n) is 6.88. The van der Waals surface area contributed by atoms with Crippen molar-refractivity contribution in [1.82, 2.24) is 4.90 Å². The van der Waals surface area contributed by atoms with Crippen molar-refractivity contribution in [3.63, 3.8) is 0 Å². The van der Waals surface area contributed by atoms with Crippen LogP contribution >= 0.6 is 0 Å². The van der Waals surface area contributed by atoms with Crippen LogP contribution in [0.15, 0.2) is 29.4 Å². The first-order valence-corrected chi connectivity index (χ1v) is 6.88. The maximum atomic E-state index is 10.9. The van der Waals surface area contributed by atoms with Crippen LogP contribution in [0.4, 0.5) is 4.79 Å². The van der Waals surface area contributed by atoms with E-state index < -0.39 is 6.09 Å². The number of hydrogen-bond donors (Lipinski definition) is 1. The van der Waals surface area contributed by atoms with Crippen molar-refractivity contribution < 1.29 is 14.7 Å². The number of amides is 1. The largest absolute Gasteiger partial charge is 0.465 e. The van der Waals surface area contributed by atoms with E-state index in [0.29, 0.717) is 25.9 Å². The third-order valence-corrected chi connectivity index (χ3v) is 4.17. The number of carbonyl (C=O) groups is 1. The lowest BCUT2D eigenvalue weighted by Gasteiger charge is -2.35. The Labute approximate surface area is 117 Å². The summed E-state index contributed by atoms with van der Waals surface area (Å²) < 4.78 is 0. The summed E-state index contributed by atoms with van der Waals surface area (Å²) in [5.74, 6) is 0.